The molecule has 1 unspecified atom stereocenters. The van der Waals surface area contributed by atoms with Gasteiger partial charge in [0.15, 0.2) is 11.7 Å². The number of ether oxygens (including phenoxy) is 1. The zero-order chi connectivity index (χ0) is 18.6. The molecule has 0 aliphatic carbocycles. The number of nitrogens with one attached hydrogen (secondary N) is 2. The molecule has 0 spiro atoms. The third-order valence-electron chi connectivity index (χ3n) is 3.91. The minimum absolute atomic E-state index is 0. The number of para-hydroxylation sites is 1. The zero-order valence-corrected chi connectivity index (χ0v) is 17.7. The molecule has 0 saturated carbocycles. The highest BCUT2D eigenvalue weighted by Gasteiger charge is 2.33. The van der Waals surface area contributed by atoms with Crippen molar-refractivity contribution in [3.8, 4) is 5.75 Å². The van der Waals surface area contributed by atoms with Crippen molar-refractivity contribution in [1.29, 1.82) is 0 Å². The maximum Gasteiger partial charge on any atom is 0.434 e. The summed E-state index contributed by atoms with van der Waals surface area (Å²) in [7, 11) is 1.64. The van der Waals surface area contributed by atoms with Crippen molar-refractivity contribution < 1.29 is 17.9 Å². The third-order valence-corrected chi connectivity index (χ3v) is 4.82. The second-order valence-electron chi connectivity index (χ2n) is 5.81. The van der Waals surface area contributed by atoms with Gasteiger partial charge in [0.2, 0.25) is 0 Å². The highest BCUT2D eigenvalue weighted by Crippen LogP contribution is 2.30. The number of rotatable bonds is 5. The van der Waals surface area contributed by atoms with Gasteiger partial charge >= 0.3 is 6.18 Å². The molecular formula is C17H20F3IN4OS. The first-order valence-electron chi connectivity index (χ1n) is 8.16. The van der Waals surface area contributed by atoms with Gasteiger partial charge in [-0.25, -0.2) is 4.98 Å². The quantitative estimate of drug-likeness (QED) is 0.366. The summed E-state index contributed by atoms with van der Waals surface area (Å²) < 4.78 is 43.5. The van der Waals surface area contributed by atoms with Crippen LogP contribution in [0.15, 0.2) is 34.6 Å². The van der Waals surface area contributed by atoms with Crippen LogP contribution >= 0.6 is 35.3 Å². The Kier molecular flexibility index (Phi) is 7.71. The lowest BCUT2D eigenvalue weighted by molar-refractivity contribution is -0.140. The molecule has 2 N–H and O–H groups in total. The van der Waals surface area contributed by atoms with Crippen molar-refractivity contribution >= 4 is 41.3 Å². The summed E-state index contributed by atoms with van der Waals surface area (Å²) in [6, 6.07) is 7.93. The predicted molar refractivity (Wildman–Crippen MR) is 110 cm³/mol. The third kappa shape index (κ3) is 5.96. The first kappa shape index (κ1) is 21.7. The average Bonchev–Trinajstić information content (AvgIpc) is 3.24. The lowest BCUT2D eigenvalue weighted by Crippen LogP contribution is -2.42. The Morgan fingerprint density at radius 3 is 2.78 bits per heavy atom. The summed E-state index contributed by atoms with van der Waals surface area (Å²) in [5.74, 6) is 1.49. The number of aromatic nitrogens is 1. The van der Waals surface area contributed by atoms with E-state index in [1.807, 2.05) is 24.3 Å². The standard InChI is InChI=1S/C17H19F3N4OS.HI/c1-21-16(22-7-6-15-24-14(10-26-15)17(18,19)20)23-9-12-8-11-4-2-3-5-13(11)25-12;/h2-5,10,12H,6-9H2,1H3,(H2,21,22,23);1H. The summed E-state index contributed by atoms with van der Waals surface area (Å²) in [6.45, 7) is 1.03. The maximum absolute atomic E-state index is 12.5. The fourth-order valence-electron chi connectivity index (χ4n) is 2.64. The van der Waals surface area contributed by atoms with Crippen molar-refractivity contribution in [2.75, 3.05) is 20.1 Å². The molecule has 1 atom stereocenters. The molecule has 2 heterocycles. The van der Waals surface area contributed by atoms with Crippen molar-refractivity contribution in [2.24, 2.45) is 4.99 Å². The van der Waals surface area contributed by atoms with Crippen LogP contribution in [0.5, 0.6) is 5.75 Å². The molecule has 0 fully saturated rings. The Labute approximate surface area is 176 Å². The number of aliphatic imine (C=N–C) groups is 1. The predicted octanol–water partition coefficient (Wildman–Crippen LogP) is 3.49. The number of halogens is 4. The molecule has 5 nitrogen and oxygen atoms in total. The van der Waals surface area contributed by atoms with Gasteiger partial charge in [0, 0.05) is 31.8 Å². The Morgan fingerprint density at radius 1 is 1.33 bits per heavy atom. The normalized spacial score (nSPS) is 16.3. The van der Waals surface area contributed by atoms with E-state index >= 15 is 0 Å². The summed E-state index contributed by atoms with van der Waals surface area (Å²) >= 11 is 1.01. The lowest BCUT2D eigenvalue weighted by Gasteiger charge is -2.15. The SMILES string of the molecule is CN=C(NCCc1nc(C(F)(F)F)cs1)NCC1Cc2ccccc2O1.I. The van der Waals surface area contributed by atoms with Crippen LogP contribution in [0.25, 0.3) is 0 Å². The molecule has 2 aromatic rings. The zero-order valence-electron chi connectivity index (χ0n) is 14.5. The number of benzene rings is 1. The Morgan fingerprint density at radius 2 is 2.11 bits per heavy atom. The van der Waals surface area contributed by atoms with Gasteiger partial charge in [0.05, 0.1) is 11.6 Å². The molecule has 1 aromatic heterocycles. The second kappa shape index (κ2) is 9.58. The first-order valence-corrected chi connectivity index (χ1v) is 9.04. The van der Waals surface area contributed by atoms with Crippen LogP contribution in [-0.2, 0) is 19.0 Å². The number of thiazole rings is 1. The molecule has 10 heteroatoms. The van der Waals surface area contributed by atoms with Crippen LogP contribution in [0.4, 0.5) is 13.2 Å². The summed E-state index contributed by atoms with van der Waals surface area (Å²) in [5.41, 5.74) is 0.351. The molecule has 3 rings (SSSR count). The van der Waals surface area contributed by atoms with Gasteiger partial charge in [-0.05, 0) is 11.6 Å². The van der Waals surface area contributed by atoms with Gasteiger partial charge in [0.25, 0.3) is 0 Å². The van der Waals surface area contributed by atoms with E-state index in [9.17, 15) is 13.2 Å². The number of hydrogen-bond acceptors (Lipinski definition) is 4. The molecule has 0 amide bonds. The molecule has 0 radical (unpaired) electrons. The van der Waals surface area contributed by atoms with E-state index in [0.717, 1.165) is 28.9 Å². The summed E-state index contributed by atoms with van der Waals surface area (Å²) in [6.07, 6.45) is -3.13. The smallest absolute Gasteiger partial charge is 0.434 e. The Bertz CT molecular complexity index is 757. The minimum atomic E-state index is -4.39. The fraction of sp³-hybridized carbons (Fsp3) is 0.412. The van der Waals surface area contributed by atoms with E-state index in [-0.39, 0.29) is 30.1 Å². The summed E-state index contributed by atoms with van der Waals surface area (Å²) in [4.78, 5) is 7.73. The molecule has 0 saturated heterocycles. The van der Waals surface area contributed by atoms with E-state index in [1.54, 1.807) is 7.05 Å². The van der Waals surface area contributed by atoms with Crippen molar-refractivity contribution in [1.82, 2.24) is 15.6 Å². The van der Waals surface area contributed by atoms with Crippen LogP contribution in [0.1, 0.15) is 16.3 Å². The van der Waals surface area contributed by atoms with Crippen molar-refractivity contribution in [2.45, 2.75) is 25.1 Å². The summed E-state index contributed by atoms with van der Waals surface area (Å²) in [5, 5.41) is 7.74. The van der Waals surface area contributed by atoms with Crippen LogP contribution in [0.2, 0.25) is 0 Å². The average molecular weight is 512 g/mol. The number of hydrogen-bond donors (Lipinski definition) is 2. The van der Waals surface area contributed by atoms with Gasteiger partial charge in [-0.1, -0.05) is 18.2 Å². The van der Waals surface area contributed by atoms with E-state index in [2.05, 4.69) is 20.6 Å². The maximum atomic E-state index is 12.5. The molecule has 1 aromatic carbocycles. The van der Waals surface area contributed by atoms with E-state index in [4.69, 9.17) is 4.74 Å². The Hall–Kier alpha value is -1.56. The number of nitrogens with zero attached hydrogens (tertiary/aromatic N) is 2. The van der Waals surface area contributed by atoms with Crippen molar-refractivity contribution in [3.05, 3.63) is 45.9 Å². The van der Waals surface area contributed by atoms with E-state index < -0.39 is 11.9 Å². The molecule has 0 bridgehead atoms. The number of alkyl halides is 3. The van der Waals surface area contributed by atoms with Crippen molar-refractivity contribution in [3.63, 3.8) is 0 Å². The molecule has 148 valence electrons. The molecule has 1 aliphatic rings. The molecule has 1 aliphatic heterocycles. The van der Waals surface area contributed by atoms with E-state index in [1.165, 1.54) is 5.56 Å². The highest BCUT2D eigenvalue weighted by atomic mass is 127. The van der Waals surface area contributed by atoms with E-state index in [0.29, 0.717) is 30.5 Å². The fourth-order valence-corrected chi connectivity index (χ4v) is 3.45. The first-order chi connectivity index (χ1) is 12.5. The number of fused-ring (bicyclic) bond motifs is 1. The van der Waals surface area contributed by atoms with Crippen LogP contribution in [0.3, 0.4) is 0 Å². The second-order valence-corrected chi connectivity index (χ2v) is 6.75. The lowest BCUT2D eigenvalue weighted by atomic mass is 10.1. The van der Waals surface area contributed by atoms with Gasteiger partial charge in [-0.2, -0.15) is 13.2 Å². The monoisotopic (exact) mass is 512 g/mol. The minimum Gasteiger partial charge on any atom is -0.488 e. The van der Waals surface area contributed by atoms with Gasteiger partial charge < -0.3 is 15.4 Å². The molecule has 27 heavy (non-hydrogen) atoms. The van der Waals surface area contributed by atoms with Crippen LogP contribution in [-0.4, -0.2) is 37.2 Å². The highest BCUT2D eigenvalue weighted by molar-refractivity contribution is 14.0. The number of guanidine groups is 1. The van der Waals surface area contributed by atoms with Gasteiger partial charge in [0.1, 0.15) is 11.9 Å². The Balaban J connectivity index is 0.00000261. The molecular weight excluding hydrogens is 492 g/mol. The largest absolute Gasteiger partial charge is 0.488 e. The van der Waals surface area contributed by atoms with Gasteiger partial charge in [-0.15, -0.1) is 35.3 Å². The van der Waals surface area contributed by atoms with Gasteiger partial charge in [-0.3, -0.25) is 4.99 Å². The van der Waals surface area contributed by atoms with Crippen LogP contribution < -0.4 is 15.4 Å². The topological polar surface area (TPSA) is 58.5 Å². The van der Waals surface area contributed by atoms with Crippen LogP contribution in [0, 0.1) is 0 Å².